The van der Waals surface area contributed by atoms with Crippen LogP contribution in [0.4, 0.5) is 0 Å². The number of para-hydroxylation sites is 1. The Labute approximate surface area is 109 Å². The van der Waals surface area contributed by atoms with Crippen LogP contribution in [0.25, 0.3) is 0 Å². The molecule has 0 atom stereocenters. The first kappa shape index (κ1) is 11.5. The number of carbonyl (C=O) groups is 1. The third-order valence-electron chi connectivity index (χ3n) is 2.63. The molecular weight excluding hydrogens is 244 g/mol. The largest absolute Gasteiger partial charge is 0.493 e. The van der Waals surface area contributed by atoms with Crippen LogP contribution in [0.3, 0.4) is 0 Å². The number of nitrogens with zero attached hydrogens (tertiary/aromatic N) is 4. The quantitative estimate of drug-likeness (QED) is 0.814. The lowest BCUT2D eigenvalue weighted by Gasteiger charge is -2.11. The molecule has 0 aromatic heterocycles. The van der Waals surface area contributed by atoms with E-state index in [-0.39, 0.29) is 5.71 Å². The van der Waals surface area contributed by atoms with Crippen LogP contribution in [0.1, 0.15) is 12.5 Å². The molecule has 0 aliphatic carbocycles. The zero-order valence-electron chi connectivity index (χ0n) is 10.2. The fourth-order valence-electron chi connectivity index (χ4n) is 1.82. The summed E-state index contributed by atoms with van der Waals surface area (Å²) >= 11 is 0. The van der Waals surface area contributed by atoms with Crippen molar-refractivity contribution in [2.75, 3.05) is 6.61 Å². The van der Waals surface area contributed by atoms with Crippen LogP contribution < -0.4 is 4.74 Å². The Balaban J connectivity index is 2.06. The van der Waals surface area contributed by atoms with Crippen LogP contribution in [-0.4, -0.2) is 36.2 Å². The van der Waals surface area contributed by atoms with Gasteiger partial charge in [0, 0.05) is 0 Å². The van der Waals surface area contributed by atoms with Crippen molar-refractivity contribution < 1.29 is 9.53 Å². The van der Waals surface area contributed by atoms with E-state index < -0.39 is 5.91 Å². The summed E-state index contributed by atoms with van der Waals surface area (Å²) in [5.74, 6) is 0.829. The Morgan fingerprint density at radius 3 is 2.84 bits per heavy atom. The lowest BCUT2D eigenvalue weighted by atomic mass is 10.1. The van der Waals surface area contributed by atoms with Gasteiger partial charge in [-0.3, -0.25) is 4.79 Å². The second kappa shape index (κ2) is 4.56. The Bertz CT molecular complexity index is 671. The molecule has 0 N–H and O–H groups in total. The van der Waals surface area contributed by atoms with Crippen molar-refractivity contribution in [2.24, 2.45) is 20.0 Å². The molecule has 0 spiro atoms. The minimum absolute atomic E-state index is 0.192. The summed E-state index contributed by atoms with van der Waals surface area (Å²) in [5, 5.41) is 0. The Morgan fingerprint density at radius 1 is 1.16 bits per heavy atom. The van der Waals surface area contributed by atoms with Gasteiger partial charge in [0.1, 0.15) is 12.1 Å². The average Bonchev–Trinajstić information content (AvgIpc) is 2.88. The highest BCUT2D eigenvalue weighted by Crippen LogP contribution is 2.21. The maximum atomic E-state index is 11.8. The molecule has 0 saturated carbocycles. The van der Waals surface area contributed by atoms with E-state index in [0.29, 0.717) is 29.6 Å². The van der Waals surface area contributed by atoms with Crippen LogP contribution in [0.2, 0.25) is 0 Å². The molecule has 94 valence electrons. The van der Waals surface area contributed by atoms with Crippen molar-refractivity contribution >= 4 is 29.6 Å². The molecule has 1 amide bonds. The van der Waals surface area contributed by atoms with Crippen LogP contribution in [0, 0.1) is 0 Å². The zero-order valence-corrected chi connectivity index (χ0v) is 10.2. The predicted octanol–water partition coefficient (Wildman–Crippen LogP) is 1.25. The molecular formula is C13H10N4O2. The lowest BCUT2D eigenvalue weighted by Crippen LogP contribution is -2.26. The average molecular weight is 254 g/mol. The summed E-state index contributed by atoms with van der Waals surface area (Å²) in [6.07, 6.45) is 1.30. The molecule has 19 heavy (non-hydrogen) atoms. The number of hydrogen-bond acceptors (Lipinski definition) is 5. The van der Waals surface area contributed by atoms with E-state index in [1.54, 1.807) is 0 Å². The van der Waals surface area contributed by atoms with Crippen LogP contribution in [0.15, 0.2) is 44.2 Å². The first-order chi connectivity index (χ1) is 9.29. The second-order valence-electron chi connectivity index (χ2n) is 3.83. The number of aliphatic imine (C=N–C) groups is 4. The molecule has 0 fully saturated rings. The van der Waals surface area contributed by atoms with Gasteiger partial charge in [-0.15, -0.1) is 0 Å². The number of benzene rings is 1. The number of rotatable bonds is 3. The standard InChI is InChI=1S/C13H10N4O2/c1-2-19-9-6-4-3-5-8(9)11-16-12-10(13(18)17-11)14-7-15-12/h3-7H,2H2,1H3. The highest BCUT2D eigenvalue weighted by atomic mass is 16.5. The molecule has 1 aromatic rings. The molecule has 0 bridgehead atoms. The highest BCUT2D eigenvalue weighted by molar-refractivity contribution is 6.71. The maximum absolute atomic E-state index is 11.8. The number of ether oxygens (including phenoxy) is 1. The van der Waals surface area contributed by atoms with Crippen molar-refractivity contribution in [1.29, 1.82) is 0 Å². The summed E-state index contributed by atoms with van der Waals surface area (Å²) in [6, 6.07) is 7.31. The van der Waals surface area contributed by atoms with E-state index in [1.807, 2.05) is 31.2 Å². The van der Waals surface area contributed by atoms with Gasteiger partial charge in [0.15, 0.2) is 17.4 Å². The fourth-order valence-corrected chi connectivity index (χ4v) is 1.82. The molecule has 3 rings (SSSR count). The minimum Gasteiger partial charge on any atom is -0.493 e. The Kier molecular flexibility index (Phi) is 2.75. The van der Waals surface area contributed by atoms with E-state index >= 15 is 0 Å². The number of amides is 1. The van der Waals surface area contributed by atoms with Gasteiger partial charge >= 0.3 is 5.91 Å². The molecule has 6 heteroatoms. The van der Waals surface area contributed by atoms with Gasteiger partial charge in [-0.1, -0.05) is 12.1 Å². The third-order valence-corrected chi connectivity index (χ3v) is 2.63. The van der Waals surface area contributed by atoms with Crippen LogP contribution in [0.5, 0.6) is 5.75 Å². The van der Waals surface area contributed by atoms with E-state index in [9.17, 15) is 4.79 Å². The van der Waals surface area contributed by atoms with Gasteiger partial charge in [0.05, 0.1) is 12.2 Å². The van der Waals surface area contributed by atoms with Gasteiger partial charge in [0.2, 0.25) is 0 Å². The number of hydrogen-bond donors (Lipinski definition) is 0. The van der Waals surface area contributed by atoms with Crippen molar-refractivity contribution in [3.05, 3.63) is 29.8 Å². The normalized spacial score (nSPS) is 16.7. The van der Waals surface area contributed by atoms with E-state index in [4.69, 9.17) is 4.74 Å². The van der Waals surface area contributed by atoms with Crippen molar-refractivity contribution in [1.82, 2.24) is 0 Å². The maximum Gasteiger partial charge on any atom is 0.301 e. The summed E-state index contributed by atoms with van der Waals surface area (Å²) in [4.78, 5) is 27.8. The number of fused-ring (bicyclic) bond motifs is 1. The summed E-state index contributed by atoms with van der Waals surface area (Å²) in [6.45, 7) is 2.42. The van der Waals surface area contributed by atoms with Crippen LogP contribution in [-0.2, 0) is 4.79 Å². The topological polar surface area (TPSA) is 75.7 Å². The Hall–Kier alpha value is -2.63. The molecule has 2 aliphatic rings. The Morgan fingerprint density at radius 2 is 2.00 bits per heavy atom. The van der Waals surface area contributed by atoms with Crippen molar-refractivity contribution in [2.45, 2.75) is 6.92 Å². The minimum atomic E-state index is -0.427. The summed E-state index contributed by atoms with van der Waals surface area (Å²) < 4.78 is 5.51. The molecule has 2 aliphatic heterocycles. The van der Waals surface area contributed by atoms with Crippen molar-refractivity contribution in [3.63, 3.8) is 0 Å². The third kappa shape index (κ3) is 1.97. The molecule has 1 aromatic carbocycles. The number of carbonyl (C=O) groups excluding carboxylic acids is 1. The molecule has 0 radical (unpaired) electrons. The molecule has 0 saturated heterocycles. The first-order valence-electron chi connectivity index (χ1n) is 5.84. The smallest absolute Gasteiger partial charge is 0.301 e. The fraction of sp³-hybridized carbons (Fsp3) is 0.154. The van der Waals surface area contributed by atoms with Gasteiger partial charge in [0.25, 0.3) is 0 Å². The van der Waals surface area contributed by atoms with Gasteiger partial charge < -0.3 is 4.74 Å². The summed E-state index contributed by atoms with van der Waals surface area (Å²) in [7, 11) is 0. The molecule has 0 unspecified atom stereocenters. The van der Waals surface area contributed by atoms with Crippen molar-refractivity contribution in [3.8, 4) is 5.75 Å². The monoisotopic (exact) mass is 254 g/mol. The number of amidine groups is 2. The van der Waals surface area contributed by atoms with E-state index in [1.165, 1.54) is 6.34 Å². The zero-order chi connectivity index (χ0) is 13.2. The molecule has 2 heterocycles. The lowest BCUT2D eigenvalue weighted by molar-refractivity contribution is -0.111. The van der Waals surface area contributed by atoms with Crippen LogP contribution >= 0.6 is 0 Å². The molecule has 6 nitrogen and oxygen atoms in total. The predicted molar refractivity (Wildman–Crippen MR) is 72.5 cm³/mol. The van der Waals surface area contributed by atoms with Gasteiger partial charge in [-0.2, -0.15) is 4.99 Å². The second-order valence-corrected chi connectivity index (χ2v) is 3.83. The van der Waals surface area contributed by atoms with E-state index in [0.717, 1.165) is 0 Å². The van der Waals surface area contributed by atoms with E-state index in [2.05, 4.69) is 20.0 Å². The summed E-state index contributed by atoms with van der Waals surface area (Å²) in [5.41, 5.74) is 0.865. The SMILES string of the molecule is CCOc1ccccc1C1=NC(=O)C2=NC=NC2=N1. The first-order valence-corrected chi connectivity index (χ1v) is 5.84. The highest BCUT2D eigenvalue weighted by Gasteiger charge is 2.27. The van der Waals surface area contributed by atoms with Gasteiger partial charge in [-0.05, 0) is 19.1 Å². The van der Waals surface area contributed by atoms with Gasteiger partial charge in [-0.25, -0.2) is 15.0 Å².